The molecule has 2 rings (SSSR count). The number of aliphatic hydroxyl groups is 1. The van der Waals surface area contributed by atoms with E-state index in [1.807, 2.05) is 6.92 Å². The fourth-order valence-corrected chi connectivity index (χ4v) is 2.94. The number of nitrogens with zero attached hydrogens (tertiary/aromatic N) is 1. The van der Waals surface area contributed by atoms with Crippen LogP contribution in [-0.2, 0) is 0 Å². The van der Waals surface area contributed by atoms with Gasteiger partial charge in [-0.3, -0.25) is 0 Å². The topological polar surface area (TPSA) is 33.1 Å². The largest absolute Gasteiger partial charge is 0.388 e. The van der Waals surface area contributed by atoms with E-state index in [2.05, 4.69) is 20.9 Å². The summed E-state index contributed by atoms with van der Waals surface area (Å²) in [4.78, 5) is 5.08. The molecule has 1 heterocycles. The molecular formula is C12H11BrFNOS. The number of rotatable bonds is 2. The molecule has 1 atom stereocenters. The van der Waals surface area contributed by atoms with Crippen molar-refractivity contribution in [3.05, 3.63) is 39.1 Å². The van der Waals surface area contributed by atoms with Crippen molar-refractivity contribution in [2.45, 2.75) is 20.0 Å². The molecule has 0 radical (unpaired) electrons. The molecule has 1 aromatic carbocycles. The van der Waals surface area contributed by atoms with E-state index < -0.39 is 6.10 Å². The first-order valence-electron chi connectivity index (χ1n) is 5.10. The molecule has 0 fully saturated rings. The van der Waals surface area contributed by atoms with Crippen LogP contribution >= 0.6 is 27.3 Å². The van der Waals surface area contributed by atoms with E-state index in [0.717, 1.165) is 10.6 Å². The first kappa shape index (κ1) is 12.7. The van der Waals surface area contributed by atoms with Gasteiger partial charge in [-0.1, -0.05) is 15.9 Å². The molecule has 0 bridgehead atoms. The van der Waals surface area contributed by atoms with Crippen LogP contribution in [0.4, 0.5) is 4.39 Å². The molecule has 0 amide bonds. The molecule has 2 aromatic rings. The lowest BCUT2D eigenvalue weighted by Crippen LogP contribution is -1.88. The number of hydrogen-bond acceptors (Lipinski definition) is 3. The van der Waals surface area contributed by atoms with Gasteiger partial charge >= 0.3 is 0 Å². The quantitative estimate of drug-likeness (QED) is 0.906. The van der Waals surface area contributed by atoms with Crippen LogP contribution in [0.15, 0.2) is 22.7 Å². The van der Waals surface area contributed by atoms with Gasteiger partial charge in [0, 0.05) is 10.0 Å². The van der Waals surface area contributed by atoms with Crippen molar-refractivity contribution in [1.82, 2.24) is 4.98 Å². The third kappa shape index (κ3) is 2.56. The van der Waals surface area contributed by atoms with Crippen molar-refractivity contribution < 1.29 is 9.50 Å². The van der Waals surface area contributed by atoms with E-state index in [0.29, 0.717) is 15.0 Å². The Morgan fingerprint density at radius 2 is 2.18 bits per heavy atom. The predicted octanol–water partition coefficient (Wildman–Crippen LogP) is 4.07. The highest BCUT2D eigenvalue weighted by Gasteiger charge is 2.15. The molecule has 5 heteroatoms. The van der Waals surface area contributed by atoms with Gasteiger partial charge in [0.2, 0.25) is 0 Å². The van der Waals surface area contributed by atoms with E-state index >= 15 is 0 Å². The van der Waals surface area contributed by atoms with E-state index in [-0.39, 0.29) is 5.82 Å². The van der Waals surface area contributed by atoms with Gasteiger partial charge < -0.3 is 5.11 Å². The first-order chi connectivity index (χ1) is 7.99. The van der Waals surface area contributed by atoms with Crippen molar-refractivity contribution in [2.24, 2.45) is 0 Å². The van der Waals surface area contributed by atoms with Crippen molar-refractivity contribution >= 4 is 27.3 Å². The summed E-state index contributed by atoms with van der Waals surface area (Å²) in [5, 5.41) is 10.1. The maximum Gasteiger partial charge on any atom is 0.134 e. The van der Waals surface area contributed by atoms with Crippen molar-refractivity contribution in [3.8, 4) is 10.6 Å². The standard InChI is InChI=1S/C12H11BrFNOS/c1-6-11(7(2)16)17-12(15-6)9-4-3-8(13)5-10(9)14/h3-5,7,16H,1-2H3. The minimum atomic E-state index is -0.570. The zero-order valence-corrected chi connectivity index (χ0v) is 11.8. The Morgan fingerprint density at radius 3 is 2.71 bits per heavy atom. The smallest absolute Gasteiger partial charge is 0.134 e. The highest BCUT2D eigenvalue weighted by molar-refractivity contribution is 9.10. The predicted molar refractivity (Wildman–Crippen MR) is 70.6 cm³/mol. The van der Waals surface area contributed by atoms with Crippen LogP contribution < -0.4 is 0 Å². The Hall–Kier alpha value is -0.780. The molecular weight excluding hydrogens is 305 g/mol. The zero-order valence-electron chi connectivity index (χ0n) is 9.37. The fourth-order valence-electron chi connectivity index (χ4n) is 1.57. The maximum absolute atomic E-state index is 13.8. The summed E-state index contributed by atoms with van der Waals surface area (Å²) in [6.07, 6.45) is -0.570. The Bertz CT molecular complexity index is 553. The van der Waals surface area contributed by atoms with Gasteiger partial charge in [0.1, 0.15) is 10.8 Å². The van der Waals surface area contributed by atoms with Gasteiger partial charge in [-0.05, 0) is 32.0 Å². The minimum Gasteiger partial charge on any atom is -0.388 e. The van der Waals surface area contributed by atoms with E-state index in [1.54, 1.807) is 19.1 Å². The molecule has 1 unspecified atom stereocenters. The molecule has 0 spiro atoms. The Labute approximate surface area is 111 Å². The van der Waals surface area contributed by atoms with Crippen LogP contribution in [0.1, 0.15) is 23.6 Å². The fraction of sp³-hybridized carbons (Fsp3) is 0.250. The summed E-state index contributed by atoms with van der Waals surface area (Å²) >= 11 is 4.54. The van der Waals surface area contributed by atoms with Crippen molar-refractivity contribution in [3.63, 3.8) is 0 Å². The number of aryl methyl sites for hydroxylation is 1. The summed E-state index contributed by atoms with van der Waals surface area (Å²) in [6, 6.07) is 4.87. The van der Waals surface area contributed by atoms with Gasteiger partial charge in [0.15, 0.2) is 0 Å². The van der Waals surface area contributed by atoms with Gasteiger partial charge in [0.25, 0.3) is 0 Å². The van der Waals surface area contributed by atoms with Crippen LogP contribution in [0.5, 0.6) is 0 Å². The first-order valence-corrected chi connectivity index (χ1v) is 6.71. The lowest BCUT2D eigenvalue weighted by molar-refractivity contribution is 0.202. The Morgan fingerprint density at radius 1 is 1.47 bits per heavy atom. The molecule has 0 saturated carbocycles. The lowest BCUT2D eigenvalue weighted by Gasteiger charge is -2.00. The van der Waals surface area contributed by atoms with E-state index in [4.69, 9.17) is 0 Å². The van der Waals surface area contributed by atoms with Crippen LogP contribution in [0.2, 0.25) is 0 Å². The average Bonchev–Trinajstić information content (AvgIpc) is 2.60. The van der Waals surface area contributed by atoms with E-state index in [9.17, 15) is 9.50 Å². The second kappa shape index (κ2) is 4.84. The molecule has 0 aliphatic rings. The molecule has 0 aliphatic heterocycles. The van der Waals surface area contributed by atoms with Crippen molar-refractivity contribution in [2.75, 3.05) is 0 Å². The van der Waals surface area contributed by atoms with Gasteiger partial charge in [-0.25, -0.2) is 9.37 Å². The van der Waals surface area contributed by atoms with Gasteiger partial charge in [-0.15, -0.1) is 11.3 Å². The number of halogens is 2. The van der Waals surface area contributed by atoms with Crippen molar-refractivity contribution in [1.29, 1.82) is 0 Å². The van der Waals surface area contributed by atoms with Gasteiger partial charge in [0.05, 0.1) is 16.7 Å². The number of aromatic nitrogens is 1. The number of benzene rings is 1. The molecule has 0 aliphatic carbocycles. The van der Waals surface area contributed by atoms with Crippen LogP contribution in [0.3, 0.4) is 0 Å². The molecule has 17 heavy (non-hydrogen) atoms. The Balaban J connectivity index is 2.50. The molecule has 90 valence electrons. The molecule has 1 N–H and O–H groups in total. The second-order valence-corrected chi connectivity index (χ2v) is 5.72. The normalized spacial score (nSPS) is 12.8. The minimum absolute atomic E-state index is 0.315. The Kier molecular flexibility index (Phi) is 3.61. The summed E-state index contributed by atoms with van der Waals surface area (Å²) < 4.78 is 14.4. The third-order valence-electron chi connectivity index (χ3n) is 2.37. The SMILES string of the molecule is Cc1nc(-c2ccc(Br)cc2F)sc1C(C)O. The van der Waals surface area contributed by atoms with Crippen LogP contribution in [0.25, 0.3) is 10.6 Å². The lowest BCUT2D eigenvalue weighted by atomic mass is 10.2. The van der Waals surface area contributed by atoms with Crippen LogP contribution in [0, 0.1) is 12.7 Å². The average molecular weight is 316 g/mol. The summed E-state index contributed by atoms with van der Waals surface area (Å²) in [5.41, 5.74) is 1.22. The number of thiazole rings is 1. The highest BCUT2D eigenvalue weighted by Crippen LogP contribution is 2.33. The monoisotopic (exact) mass is 315 g/mol. The third-order valence-corrected chi connectivity index (χ3v) is 4.23. The molecule has 2 nitrogen and oxygen atoms in total. The molecule has 1 aromatic heterocycles. The number of hydrogen-bond donors (Lipinski definition) is 1. The van der Waals surface area contributed by atoms with Crippen LogP contribution in [-0.4, -0.2) is 10.1 Å². The summed E-state index contributed by atoms with van der Waals surface area (Å²) in [7, 11) is 0. The maximum atomic E-state index is 13.8. The molecule has 0 saturated heterocycles. The summed E-state index contributed by atoms with van der Waals surface area (Å²) in [6.45, 7) is 3.50. The highest BCUT2D eigenvalue weighted by atomic mass is 79.9. The second-order valence-electron chi connectivity index (χ2n) is 3.77. The summed E-state index contributed by atoms with van der Waals surface area (Å²) in [5.74, 6) is -0.315. The van der Waals surface area contributed by atoms with E-state index in [1.165, 1.54) is 17.4 Å². The zero-order chi connectivity index (χ0) is 12.6. The number of aliphatic hydroxyl groups excluding tert-OH is 1. The van der Waals surface area contributed by atoms with Gasteiger partial charge in [-0.2, -0.15) is 0 Å².